The van der Waals surface area contributed by atoms with Gasteiger partial charge < -0.3 is 15.0 Å². The third-order valence-electron chi connectivity index (χ3n) is 6.20. The number of anilines is 1. The minimum absolute atomic E-state index is 0.0612. The molecule has 0 fully saturated rings. The standard InChI is InChI=1S/C31H39N3O5S/c1-6-39-27-19-17-26(18-20-27)34(40(37,38)28-15-11-8-12-16-28)23-29(35)33(22-21-25-13-9-7-10-14-25)24(2)30(36)32-31(3,4)5/h7-20,24H,6,21-23H2,1-5H3,(H,32,36)/t24-/m0/s1. The lowest BCUT2D eigenvalue weighted by molar-refractivity contribution is -0.139. The SMILES string of the molecule is CCOc1ccc(N(CC(=O)N(CCc2ccccc2)[C@@H](C)C(=O)NC(C)(C)C)S(=O)(=O)c2ccccc2)cc1. The van der Waals surface area contributed by atoms with Crippen LogP contribution in [0.1, 0.15) is 40.2 Å². The van der Waals surface area contributed by atoms with Gasteiger partial charge in [-0.3, -0.25) is 13.9 Å². The molecule has 3 aromatic rings. The van der Waals surface area contributed by atoms with Gasteiger partial charge in [0.2, 0.25) is 11.8 Å². The smallest absolute Gasteiger partial charge is 0.264 e. The van der Waals surface area contributed by atoms with Crippen LogP contribution in [0.25, 0.3) is 0 Å². The van der Waals surface area contributed by atoms with Crippen LogP contribution in [-0.2, 0) is 26.0 Å². The van der Waals surface area contributed by atoms with E-state index in [0.29, 0.717) is 24.5 Å². The molecule has 0 saturated heterocycles. The molecule has 0 bridgehead atoms. The van der Waals surface area contributed by atoms with Crippen molar-refractivity contribution in [1.82, 2.24) is 10.2 Å². The molecule has 0 aliphatic carbocycles. The van der Waals surface area contributed by atoms with Crippen molar-refractivity contribution in [3.05, 3.63) is 90.5 Å². The van der Waals surface area contributed by atoms with Crippen molar-refractivity contribution in [2.45, 2.75) is 57.5 Å². The van der Waals surface area contributed by atoms with Crippen molar-refractivity contribution >= 4 is 27.5 Å². The topological polar surface area (TPSA) is 96.0 Å². The van der Waals surface area contributed by atoms with E-state index in [0.717, 1.165) is 9.87 Å². The van der Waals surface area contributed by atoms with Gasteiger partial charge in [-0.1, -0.05) is 48.5 Å². The molecular formula is C31H39N3O5S. The van der Waals surface area contributed by atoms with Gasteiger partial charge in [-0.25, -0.2) is 8.42 Å². The van der Waals surface area contributed by atoms with E-state index < -0.39 is 34.1 Å². The van der Waals surface area contributed by atoms with Crippen molar-refractivity contribution in [1.29, 1.82) is 0 Å². The number of nitrogens with one attached hydrogen (secondary N) is 1. The molecule has 2 amide bonds. The predicted octanol–water partition coefficient (Wildman–Crippen LogP) is 4.66. The second-order valence-corrected chi connectivity index (χ2v) is 12.4. The first kappa shape index (κ1) is 30.7. The minimum atomic E-state index is -4.11. The molecule has 1 N–H and O–H groups in total. The number of nitrogens with zero attached hydrogens (tertiary/aromatic N) is 2. The van der Waals surface area contributed by atoms with E-state index in [1.807, 2.05) is 58.0 Å². The molecule has 0 aliphatic heterocycles. The summed E-state index contributed by atoms with van der Waals surface area (Å²) in [6, 6.07) is 23.4. The molecule has 0 heterocycles. The fraction of sp³-hybridized carbons (Fsp3) is 0.355. The predicted molar refractivity (Wildman–Crippen MR) is 158 cm³/mol. The number of hydrogen-bond donors (Lipinski definition) is 1. The Hall–Kier alpha value is -3.85. The van der Waals surface area contributed by atoms with Crippen molar-refractivity contribution in [2.24, 2.45) is 0 Å². The Bertz CT molecular complexity index is 1360. The molecule has 9 heteroatoms. The molecule has 0 radical (unpaired) electrons. The average molecular weight is 566 g/mol. The number of rotatable bonds is 12. The molecular weight excluding hydrogens is 526 g/mol. The van der Waals surface area contributed by atoms with Crippen LogP contribution in [0.3, 0.4) is 0 Å². The highest BCUT2D eigenvalue weighted by Crippen LogP contribution is 2.26. The molecule has 0 spiro atoms. The van der Waals surface area contributed by atoms with Crippen LogP contribution in [0.5, 0.6) is 5.75 Å². The lowest BCUT2D eigenvalue weighted by atomic mass is 10.1. The molecule has 0 unspecified atom stereocenters. The third kappa shape index (κ3) is 8.32. The normalized spacial score (nSPS) is 12.3. The number of benzene rings is 3. The van der Waals surface area contributed by atoms with Crippen molar-refractivity contribution in [3.8, 4) is 5.75 Å². The van der Waals surface area contributed by atoms with Gasteiger partial charge in [-0.05, 0) is 83.0 Å². The maximum Gasteiger partial charge on any atom is 0.264 e. The summed E-state index contributed by atoms with van der Waals surface area (Å²) in [5, 5.41) is 2.93. The number of amides is 2. The Morgan fingerprint density at radius 3 is 2.02 bits per heavy atom. The van der Waals surface area contributed by atoms with Crippen LogP contribution in [0.4, 0.5) is 5.69 Å². The molecule has 0 aliphatic rings. The van der Waals surface area contributed by atoms with E-state index in [-0.39, 0.29) is 17.3 Å². The summed E-state index contributed by atoms with van der Waals surface area (Å²) < 4.78 is 34.2. The maximum absolute atomic E-state index is 13.9. The second kappa shape index (κ2) is 13.5. The molecule has 1 atom stereocenters. The Kier molecular flexibility index (Phi) is 10.3. The summed E-state index contributed by atoms with van der Waals surface area (Å²) in [6.07, 6.45) is 0.508. The van der Waals surface area contributed by atoms with Gasteiger partial charge in [-0.15, -0.1) is 0 Å². The van der Waals surface area contributed by atoms with Gasteiger partial charge in [0, 0.05) is 12.1 Å². The van der Waals surface area contributed by atoms with Gasteiger partial charge in [0.15, 0.2) is 0 Å². The molecule has 0 aromatic heterocycles. The van der Waals surface area contributed by atoms with E-state index in [4.69, 9.17) is 4.74 Å². The lowest BCUT2D eigenvalue weighted by Crippen LogP contribution is -2.55. The van der Waals surface area contributed by atoms with Crippen LogP contribution >= 0.6 is 0 Å². The highest BCUT2D eigenvalue weighted by molar-refractivity contribution is 7.92. The summed E-state index contributed by atoms with van der Waals surface area (Å²) >= 11 is 0. The van der Waals surface area contributed by atoms with E-state index >= 15 is 0 Å². The minimum Gasteiger partial charge on any atom is -0.494 e. The summed E-state index contributed by atoms with van der Waals surface area (Å²) in [5.41, 5.74) is 0.823. The molecule has 40 heavy (non-hydrogen) atoms. The van der Waals surface area contributed by atoms with E-state index in [1.54, 1.807) is 49.4 Å². The highest BCUT2D eigenvalue weighted by atomic mass is 32.2. The van der Waals surface area contributed by atoms with Gasteiger partial charge in [0.05, 0.1) is 17.2 Å². The first-order chi connectivity index (χ1) is 18.9. The van der Waals surface area contributed by atoms with E-state index in [2.05, 4.69) is 5.32 Å². The van der Waals surface area contributed by atoms with Gasteiger partial charge >= 0.3 is 0 Å². The Labute approximate surface area is 238 Å². The highest BCUT2D eigenvalue weighted by Gasteiger charge is 2.33. The zero-order chi connectivity index (χ0) is 29.3. The zero-order valence-electron chi connectivity index (χ0n) is 23.8. The molecule has 3 rings (SSSR count). The fourth-order valence-corrected chi connectivity index (χ4v) is 5.60. The van der Waals surface area contributed by atoms with E-state index in [1.165, 1.54) is 17.0 Å². The van der Waals surface area contributed by atoms with Crippen molar-refractivity contribution in [3.63, 3.8) is 0 Å². The first-order valence-electron chi connectivity index (χ1n) is 13.4. The maximum atomic E-state index is 13.9. The lowest BCUT2D eigenvalue weighted by Gasteiger charge is -2.33. The van der Waals surface area contributed by atoms with Crippen molar-refractivity contribution < 1.29 is 22.7 Å². The summed E-state index contributed by atoms with van der Waals surface area (Å²) in [6.45, 7) is 9.36. The number of carbonyl (C=O) groups is 2. The number of sulfonamides is 1. The summed E-state index contributed by atoms with van der Waals surface area (Å²) in [7, 11) is -4.11. The third-order valence-corrected chi connectivity index (χ3v) is 7.98. The van der Waals surface area contributed by atoms with Crippen LogP contribution in [-0.4, -0.2) is 56.4 Å². The molecule has 214 valence electrons. The molecule has 3 aromatic carbocycles. The summed E-state index contributed by atoms with van der Waals surface area (Å²) in [4.78, 5) is 28.6. The van der Waals surface area contributed by atoms with Crippen molar-refractivity contribution in [2.75, 3.05) is 24.0 Å². The van der Waals surface area contributed by atoms with E-state index in [9.17, 15) is 18.0 Å². The van der Waals surface area contributed by atoms with Gasteiger partial charge in [0.1, 0.15) is 18.3 Å². The van der Waals surface area contributed by atoms with Crippen LogP contribution in [0.15, 0.2) is 89.8 Å². The number of carbonyl (C=O) groups excluding carboxylic acids is 2. The first-order valence-corrected chi connectivity index (χ1v) is 14.8. The van der Waals surface area contributed by atoms with Gasteiger partial charge in [0.25, 0.3) is 10.0 Å². The van der Waals surface area contributed by atoms with Crippen LogP contribution in [0.2, 0.25) is 0 Å². The largest absolute Gasteiger partial charge is 0.494 e. The molecule has 8 nitrogen and oxygen atoms in total. The Morgan fingerprint density at radius 1 is 0.900 bits per heavy atom. The number of ether oxygens (including phenoxy) is 1. The monoisotopic (exact) mass is 565 g/mol. The zero-order valence-corrected chi connectivity index (χ0v) is 24.6. The average Bonchev–Trinajstić information content (AvgIpc) is 2.92. The number of hydrogen-bond acceptors (Lipinski definition) is 5. The summed E-state index contributed by atoms with van der Waals surface area (Å²) in [5.74, 6) is -0.208. The quantitative estimate of drug-likeness (QED) is 0.345. The van der Waals surface area contributed by atoms with Gasteiger partial charge in [-0.2, -0.15) is 0 Å². The molecule has 0 saturated carbocycles. The van der Waals surface area contributed by atoms with Crippen LogP contribution < -0.4 is 14.4 Å². The Morgan fingerprint density at radius 2 is 1.48 bits per heavy atom. The fourth-order valence-electron chi connectivity index (χ4n) is 4.17. The Balaban J connectivity index is 1.97. The second-order valence-electron chi connectivity index (χ2n) is 10.5. The van der Waals surface area contributed by atoms with Crippen LogP contribution in [0, 0.1) is 0 Å².